The second-order valence-electron chi connectivity index (χ2n) is 7.32. The quantitative estimate of drug-likeness (QED) is 0.520. The van der Waals surface area contributed by atoms with Crippen molar-refractivity contribution in [2.75, 3.05) is 11.4 Å². The van der Waals surface area contributed by atoms with Crippen LogP contribution in [0.25, 0.3) is 0 Å². The first-order valence-electron chi connectivity index (χ1n) is 10.0. The second-order valence-corrected chi connectivity index (χ2v) is 9.11. The van der Waals surface area contributed by atoms with Gasteiger partial charge in [0.15, 0.2) is 0 Å². The van der Waals surface area contributed by atoms with Gasteiger partial charge in [0.25, 0.3) is 27.7 Å². The zero-order valence-corrected chi connectivity index (χ0v) is 18.7. The Morgan fingerprint density at radius 3 is 1.88 bits per heavy atom. The van der Waals surface area contributed by atoms with Crippen LogP contribution in [0.2, 0.25) is 0 Å². The third-order valence-electron chi connectivity index (χ3n) is 5.36. The lowest BCUT2D eigenvalue weighted by Crippen LogP contribution is -2.51. The number of hydrogen-bond acceptors (Lipinski definition) is 6. The minimum absolute atomic E-state index is 0.0492. The Morgan fingerprint density at radius 1 is 0.848 bits per heavy atom. The van der Waals surface area contributed by atoms with Gasteiger partial charge in [-0.15, -0.1) is 0 Å². The number of sulfonamides is 1. The van der Waals surface area contributed by atoms with Gasteiger partial charge in [-0.05, 0) is 55.5 Å². The molecule has 0 radical (unpaired) electrons. The van der Waals surface area contributed by atoms with E-state index in [1.807, 2.05) is 0 Å². The van der Waals surface area contributed by atoms with E-state index in [-0.39, 0.29) is 21.7 Å². The average molecular weight is 464 g/mol. The van der Waals surface area contributed by atoms with Crippen LogP contribution in [0.5, 0.6) is 5.75 Å². The summed E-state index contributed by atoms with van der Waals surface area (Å²) in [5, 5.41) is 0. The number of amides is 3. The molecule has 9 heteroatoms. The molecule has 0 fully saturated rings. The van der Waals surface area contributed by atoms with Crippen LogP contribution in [0.4, 0.5) is 5.69 Å². The summed E-state index contributed by atoms with van der Waals surface area (Å²) in [5.41, 5.74) is 0.390. The van der Waals surface area contributed by atoms with Gasteiger partial charge in [-0.3, -0.25) is 19.3 Å². The normalized spacial score (nSPS) is 14.1. The van der Waals surface area contributed by atoms with Crippen molar-refractivity contribution in [3.63, 3.8) is 0 Å². The van der Waals surface area contributed by atoms with Crippen LogP contribution in [0, 0.1) is 0 Å². The zero-order valence-electron chi connectivity index (χ0n) is 17.8. The smallest absolute Gasteiger partial charge is 0.270 e. The molecule has 33 heavy (non-hydrogen) atoms. The minimum Gasteiger partial charge on any atom is -0.497 e. The monoisotopic (exact) mass is 464 g/mol. The molecule has 0 N–H and O–H groups in total. The summed E-state index contributed by atoms with van der Waals surface area (Å²) in [6, 6.07) is 18.2. The summed E-state index contributed by atoms with van der Waals surface area (Å²) in [6.07, 6.45) is 0. The van der Waals surface area contributed by atoms with Crippen LogP contribution >= 0.6 is 0 Å². The van der Waals surface area contributed by atoms with Gasteiger partial charge < -0.3 is 4.74 Å². The highest BCUT2D eigenvalue weighted by Crippen LogP contribution is 2.30. The lowest BCUT2D eigenvalue weighted by Gasteiger charge is -2.29. The average Bonchev–Trinajstić information content (AvgIpc) is 3.09. The SMILES string of the molecule is COc1ccc(N(C(=O)C(C)N2C(=O)c3ccccc3C2=O)S(=O)(=O)c2ccccc2)cc1. The van der Waals surface area contributed by atoms with E-state index in [9.17, 15) is 22.8 Å². The van der Waals surface area contributed by atoms with Crippen LogP contribution in [0.3, 0.4) is 0 Å². The molecule has 8 nitrogen and oxygen atoms in total. The molecular formula is C24H20N2O6S. The van der Waals surface area contributed by atoms with Crippen molar-refractivity contribution < 1.29 is 27.5 Å². The van der Waals surface area contributed by atoms with Gasteiger partial charge in [0, 0.05) is 0 Å². The first-order chi connectivity index (χ1) is 15.8. The molecule has 3 aromatic rings. The highest BCUT2D eigenvalue weighted by molar-refractivity contribution is 7.93. The number of nitrogens with zero attached hydrogens (tertiary/aromatic N) is 2. The van der Waals surface area contributed by atoms with Crippen molar-refractivity contribution in [2.24, 2.45) is 0 Å². The Morgan fingerprint density at radius 2 is 1.36 bits per heavy atom. The van der Waals surface area contributed by atoms with E-state index in [0.29, 0.717) is 10.1 Å². The summed E-state index contributed by atoms with van der Waals surface area (Å²) in [6.45, 7) is 1.33. The number of benzene rings is 3. The second kappa shape index (κ2) is 8.51. The van der Waals surface area contributed by atoms with Crippen LogP contribution in [-0.4, -0.2) is 44.2 Å². The van der Waals surface area contributed by atoms with Crippen molar-refractivity contribution in [3.8, 4) is 5.75 Å². The first-order valence-corrected chi connectivity index (χ1v) is 11.5. The van der Waals surface area contributed by atoms with E-state index >= 15 is 0 Å². The Labute approximate surface area is 191 Å². The zero-order chi connectivity index (χ0) is 23.8. The molecule has 0 aromatic heterocycles. The Hall–Kier alpha value is -3.98. The molecule has 3 amide bonds. The molecule has 0 saturated carbocycles. The molecule has 1 atom stereocenters. The predicted octanol–water partition coefficient (Wildman–Crippen LogP) is 3.10. The molecule has 168 valence electrons. The first kappa shape index (κ1) is 22.2. The maximum absolute atomic E-state index is 13.6. The standard InChI is InChI=1S/C24H20N2O6S/c1-16(25-23(28)20-10-6-7-11-21(20)24(25)29)22(27)26(17-12-14-18(32-2)15-13-17)33(30,31)19-8-4-3-5-9-19/h3-16H,1-2H3. The van der Waals surface area contributed by atoms with Crippen molar-refractivity contribution in [2.45, 2.75) is 17.9 Å². The van der Waals surface area contributed by atoms with Crippen LogP contribution in [0.1, 0.15) is 27.6 Å². The van der Waals surface area contributed by atoms with E-state index in [1.165, 1.54) is 74.7 Å². The molecular weight excluding hydrogens is 444 g/mol. The number of fused-ring (bicyclic) bond motifs is 1. The number of imide groups is 1. The molecule has 0 aliphatic carbocycles. The van der Waals surface area contributed by atoms with E-state index in [0.717, 1.165) is 4.90 Å². The van der Waals surface area contributed by atoms with Gasteiger partial charge in [0.1, 0.15) is 11.8 Å². The van der Waals surface area contributed by atoms with Gasteiger partial charge in [-0.2, -0.15) is 0 Å². The maximum atomic E-state index is 13.6. The molecule has 1 aliphatic heterocycles. The van der Waals surface area contributed by atoms with Crippen molar-refractivity contribution >= 4 is 33.4 Å². The van der Waals surface area contributed by atoms with Crippen molar-refractivity contribution in [1.29, 1.82) is 0 Å². The molecule has 0 bridgehead atoms. The highest BCUT2D eigenvalue weighted by atomic mass is 32.2. The number of ether oxygens (including phenoxy) is 1. The number of rotatable bonds is 6. The fraction of sp³-hybridized carbons (Fsp3) is 0.125. The third-order valence-corrected chi connectivity index (χ3v) is 7.10. The predicted molar refractivity (Wildman–Crippen MR) is 121 cm³/mol. The topological polar surface area (TPSA) is 101 Å². The number of anilines is 1. The maximum Gasteiger partial charge on any atom is 0.270 e. The molecule has 4 rings (SSSR count). The van der Waals surface area contributed by atoms with E-state index < -0.39 is 33.8 Å². The Balaban J connectivity index is 1.78. The third kappa shape index (κ3) is 3.76. The summed E-state index contributed by atoms with van der Waals surface area (Å²) in [7, 11) is -2.89. The number of carbonyl (C=O) groups is 3. The number of carbonyl (C=O) groups excluding carboxylic acids is 3. The molecule has 1 aliphatic rings. The fourth-order valence-corrected chi connectivity index (χ4v) is 5.14. The van der Waals surface area contributed by atoms with Gasteiger partial charge in [0.05, 0.1) is 28.8 Å². The van der Waals surface area contributed by atoms with E-state index in [1.54, 1.807) is 18.2 Å². The molecule has 3 aromatic carbocycles. The van der Waals surface area contributed by atoms with Gasteiger partial charge >= 0.3 is 0 Å². The molecule has 0 saturated heterocycles. The number of methoxy groups -OCH3 is 1. The van der Waals surface area contributed by atoms with Crippen LogP contribution in [-0.2, 0) is 14.8 Å². The Bertz CT molecular complexity index is 1300. The summed E-state index contributed by atoms with van der Waals surface area (Å²) in [5.74, 6) is -1.78. The van der Waals surface area contributed by atoms with Gasteiger partial charge in [0.2, 0.25) is 0 Å². The Kier molecular flexibility index (Phi) is 5.73. The molecule has 1 unspecified atom stereocenters. The fourth-order valence-electron chi connectivity index (χ4n) is 3.64. The lowest BCUT2D eigenvalue weighted by atomic mass is 10.1. The molecule has 1 heterocycles. The van der Waals surface area contributed by atoms with E-state index in [4.69, 9.17) is 4.74 Å². The highest BCUT2D eigenvalue weighted by Gasteiger charge is 2.44. The molecule has 0 spiro atoms. The van der Waals surface area contributed by atoms with Crippen molar-refractivity contribution in [3.05, 3.63) is 90.0 Å². The summed E-state index contributed by atoms with van der Waals surface area (Å²) in [4.78, 5) is 40.1. The lowest BCUT2D eigenvalue weighted by molar-refractivity contribution is -0.120. The van der Waals surface area contributed by atoms with Gasteiger partial charge in [-0.25, -0.2) is 12.7 Å². The van der Waals surface area contributed by atoms with Crippen molar-refractivity contribution in [1.82, 2.24) is 4.90 Å². The van der Waals surface area contributed by atoms with Crippen LogP contribution in [0.15, 0.2) is 83.8 Å². The van der Waals surface area contributed by atoms with Crippen LogP contribution < -0.4 is 9.04 Å². The van der Waals surface area contributed by atoms with E-state index in [2.05, 4.69) is 0 Å². The summed E-state index contributed by atoms with van der Waals surface area (Å²) < 4.78 is 32.8. The number of hydrogen-bond donors (Lipinski definition) is 0. The minimum atomic E-state index is -4.36. The largest absolute Gasteiger partial charge is 0.497 e. The van der Waals surface area contributed by atoms with Gasteiger partial charge in [-0.1, -0.05) is 30.3 Å². The summed E-state index contributed by atoms with van der Waals surface area (Å²) >= 11 is 0.